The third-order valence-corrected chi connectivity index (χ3v) is 8.42. The Morgan fingerprint density at radius 2 is 1.74 bits per heavy atom. The second-order valence-electron chi connectivity index (χ2n) is 7.66. The zero-order chi connectivity index (χ0) is 23.7. The highest BCUT2D eigenvalue weighted by molar-refractivity contribution is 9.10. The molecular weight excluding hydrogens is 530 g/mol. The number of halogens is 1. The maximum absolute atomic E-state index is 13.8. The smallest absolute Gasteiger partial charge is 0.269 e. The fourth-order valence-electron chi connectivity index (χ4n) is 3.82. The Morgan fingerprint density at radius 1 is 0.971 bits per heavy atom. The van der Waals surface area contributed by atoms with Crippen LogP contribution in [0.15, 0.2) is 97.1 Å². The minimum Gasteiger partial charge on any atom is -0.497 e. The summed E-state index contributed by atoms with van der Waals surface area (Å²) in [6, 6.07) is 23.9. The number of anilines is 1. The number of methoxy groups -OCH3 is 1. The van der Waals surface area contributed by atoms with Crippen LogP contribution in [-0.2, 0) is 11.3 Å². The number of amides is 1. The molecule has 0 aliphatic carbocycles. The summed E-state index contributed by atoms with van der Waals surface area (Å²) in [5, 5.41) is 1.63. The predicted octanol–water partition coefficient (Wildman–Crippen LogP) is 7.02. The lowest BCUT2D eigenvalue weighted by Gasteiger charge is -2.19. The molecular formula is C26H22BrN3O2S2. The third-order valence-electron chi connectivity index (χ3n) is 5.52. The van der Waals surface area contributed by atoms with Crippen molar-refractivity contribution in [2.45, 2.75) is 18.4 Å². The molecule has 0 N–H and O–H groups in total. The summed E-state index contributed by atoms with van der Waals surface area (Å²) >= 11 is 6.54. The van der Waals surface area contributed by atoms with Crippen molar-refractivity contribution < 1.29 is 9.53 Å². The van der Waals surface area contributed by atoms with Crippen LogP contribution in [0.25, 0.3) is 0 Å². The number of rotatable bonds is 5. The quantitative estimate of drug-likeness (QED) is 0.319. The normalized spacial score (nSPS) is 18.7. The molecule has 3 aromatic rings. The van der Waals surface area contributed by atoms with Crippen molar-refractivity contribution in [2.24, 2.45) is 4.99 Å². The van der Waals surface area contributed by atoms with Gasteiger partial charge in [-0.15, -0.1) is 0 Å². The van der Waals surface area contributed by atoms with Gasteiger partial charge in [0, 0.05) is 22.0 Å². The second kappa shape index (κ2) is 9.90. The number of benzene rings is 3. The van der Waals surface area contributed by atoms with Crippen molar-refractivity contribution in [2.75, 3.05) is 18.6 Å². The molecule has 34 heavy (non-hydrogen) atoms. The predicted molar refractivity (Wildman–Crippen MR) is 145 cm³/mol. The average molecular weight is 553 g/mol. The zero-order valence-corrected chi connectivity index (χ0v) is 21.9. The van der Waals surface area contributed by atoms with Gasteiger partial charge in [-0.2, -0.15) is 0 Å². The van der Waals surface area contributed by atoms with E-state index >= 15 is 0 Å². The van der Waals surface area contributed by atoms with E-state index in [0.717, 1.165) is 43.6 Å². The van der Waals surface area contributed by atoms with Gasteiger partial charge in [-0.25, -0.2) is 4.99 Å². The summed E-state index contributed by atoms with van der Waals surface area (Å²) in [7, 11) is 1.67. The molecule has 3 aromatic carbocycles. The molecule has 0 bridgehead atoms. The minimum absolute atomic E-state index is 0.0227. The first kappa shape index (κ1) is 23.1. The first-order valence-electron chi connectivity index (χ1n) is 10.8. The lowest BCUT2D eigenvalue weighted by molar-refractivity contribution is -0.122. The van der Waals surface area contributed by atoms with Gasteiger partial charge in [0.2, 0.25) is 0 Å². The fraction of sp³-hybridized carbons (Fsp3) is 0.154. The van der Waals surface area contributed by atoms with Crippen LogP contribution in [0.4, 0.5) is 11.4 Å². The van der Waals surface area contributed by atoms with Crippen LogP contribution in [0.2, 0.25) is 0 Å². The zero-order valence-electron chi connectivity index (χ0n) is 18.7. The molecule has 172 valence electrons. The number of ether oxygens (including phenoxy) is 1. The molecule has 0 spiro atoms. The molecule has 1 amide bonds. The maximum Gasteiger partial charge on any atom is 0.269 e. The Bertz CT molecular complexity index is 1290. The summed E-state index contributed by atoms with van der Waals surface area (Å²) in [5.41, 5.74) is 2.93. The van der Waals surface area contributed by atoms with Gasteiger partial charge in [0.15, 0.2) is 5.17 Å². The highest BCUT2D eigenvalue weighted by Gasteiger charge is 2.39. The van der Waals surface area contributed by atoms with Crippen molar-refractivity contribution in [3.63, 3.8) is 0 Å². The third kappa shape index (κ3) is 4.50. The number of carbonyl (C=O) groups is 1. The van der Waals surface area contributed by atoms with Crippen molar-refractivity contribution in [3.8, 4) is 5.75 Å². The number of thioether (sulfide) groups is 2. The van der Waals surface area contributed by atoms with Gasteiger partial charge in [-0.05, 0) is 60.6 Å². The molecule has 0 aromatic heterocycles. The minimum atomic E-state index is -0.0227. The van der Waals surface area contributed by atoms with Gasteiger partial charge < -0.3 is 9.64 Å². The molecule has 8 heteroatoms. The summed E-state index contributed by atoms with van der Waals surface area (Å²) in [5.74, 6) is 0.781. The van der Waals surface area contributed by atoms with Crippen LogP contribution in [0, 0.1) is 0 Å². The molecule has 2 heterocycles. The summed E-state index contributed by atoms with van der Waals surface area (Å²) in [6.07, 6.45) is 0. The van der Waals surface area contributed by atoms with E-state index in [4.69, 9.17) is 9.73 Å². The first-order valence-corrected chi connectivity index (χ1v) is 13.3. The van der Waals surface area contributed by atoms with Crippen LogP contribution < -0.4 is 9.64 Å². The van der Waals surface area contributed by atoms with Gasteiger partial charge >= 0.3 is 0 Å². The largest absolute Gasteiger partial charge is 0.497 e. The van der Waals surface area contributed by atoms with Crippen LogP contribution in [0.3, 0.4) is 0 Å². The lowest BCUT2D eigenvalue weighted by atomic mass is 10.2. The van der Waals surface area contributed by atoms with Gasteiger partial charge in [0.05, 0.1) is 25.0 Å². The van der Waals surface area contributed by atoms with Crippen LogP contribution in [0.1, 0.15) is 12.5 Å². The van der Waals surface area contributed by atoms with E-state index in [1.807, 2.05) is 66.7 Å². The Labute approximate surface area is 216 Å². The Balaban J connectivity index is 1.56. The van der Waals surface area contributed by atoms with Crippen LogP contribution in [-0.4, -0.2) is 29.6 Å². The van der Waals surface area contributed by atoms with Crippen molar-refractivity contribution in [1.29, 1.82) is 0 Å². The highest BCUT2D eigenvalue weighted by Crippen LogP contribution is 2.51. The SMILES string of the molecule is CCN1/C(=C2/SC(=Nc3ccc(Br)cc3)N(Cc3ccccc3)C2=O)Sc2ccc(OC)cc21. The van der Waals surface area contributed by atoms with E-state index in [9.17, 15) is 4.79 Å². The molecule has 5 rings (SSSR count). The second-order valence-corrected chi connectivity index (χ2v) is 10.6. The molecule has 1 saturated heterocycles. The highest BCUT2D eigenvalue weighted by atomic mass is 79.9. The number of carbonyl (C=O) groups excluding carboxylic acids is 1. The van der Waals surface area contributed by atoms with Gasteiger partial charge in [0.1, 0.15) is 15.7 Å². The maximum atomic E-state index is 13.8. The lowest BCUT2D eigenvalue weighted by Crippen LogP contribution is -2.29. The molecule has 5 nitrogen and oxygen atoms in total. The molecule has 2 aliphatic heterocycles. The van der Waals surface area contributed by atoms with Gasteiger partial charge in [-0.1, -0.05) is 58.0 Å². The fourth-order valence-corrected chi connectivity index (χ4v) is 6.46. The average Bonchev–Trinajstić information content (AvgIpc) is 3.37. The van der Waals surface area contributed by atoms with Crippen molar-refractivity contribution in [1.82, 2.24) is 4.90 Å². The van der Waals surface area contributed by atoms with E-state index in [0.29, 0.717) is 16.6 Å². The Morgan fingerprint density at radius 3 is 2.44 bits per heavy atom. The van der Waals surface area contributed by atoms with Gasteiger partial charge in [-0.3, -0.25) is 9.69 Å². The summed E-state index contributed by atoms with van der Waals surface area (Å²) < 4.78 is 6.43. The van der Waals surface area contributed by atoms with Gasteiger partial charge in [0.25, 0.3) is 5.91 Å². The van der Waals surface area contributed by atoms with Crippen LogP contribution in [0.5, 0.6) is 5.75 Å². The molecule has 0 radical (unpaired) electrons. The Hall–Kier alpha value is -2.68. The number of amidine groups is 1. The molecule has 0 unspecified atom stereocenters. The Kier molecular flexibility index (Phi) is 6.72. The molecule has 2 aliphatic rings. The number of fused-ring (bicyclic) bond motifs is 1. The van der Waals surface area contributed by atoms with E-state index in [1.165, 1.54) is 11.8 Å². The molecule has 1 fully saturated rings. The topological polar surface area (TPSA) is 45.1 Å². The number of nitrogens with zero attached hydrogens (tertiary/aromatic N) is 3. The molecule has 0 saturated carbocycles. The standard InChI is InChI=1S/C26H22BrN3O2S2/c1-3-29-21-15-20(32-2)13-14-22(21)33-25(29)23-24(31)30(16-17-7-5-4-6-8-17)26(34-23)28-19-11-9-18(27)10-12-19/h4-15H,3,16H2,1-2H3/b25-23-,28-26?. The molecule has 0 atom stereocenters. The van der Waals surface area contributed by atoms with E-state index < -0.39 is 0 Å². The number of hydrogen-bond donors (Lipinski definition) is 0. The van der Waals surface area contributed by atoms with Crippen molar-refractivity contribution in [3.05, 3.63) is 92.8 Å². The van der Waals surface area contributed by atoms with E-state index in [-0.39, 0.29) is 5.91 Å². The van der Waals surface area contributed by atoms with Crippen LogP contribution >= 0.6 is 39.5 Å². The summed E-state index contributed by atoms with van der Waals surface area (Å²) in [4.78, 5) is 24.4. The number of hydrogen-bond acceptors (Lipinski definition) is 6. The monoisotopic (exact) mass is 551 g/mol. The number of aliphatic imine (C=N–C) groups is 1. The van der Waals surface area contributed by atoms with Crippen molar-refractivity contribution >= 4 is 61.9 Å². The first-order chi connectivity index (χ1) is 16.6. The summed E-state index contributed by atoms with van der Waals surface area (Å²) in [6.45, 7) is 3.31. The van der Waals surface area contributed by atoms with E-state index in [2.05, 4.69) is 33.8 Å². The van der Waals surface area contributed by atoms with E-state index in [1.54, 1.807) is 23.8 Å².